The number of anilines is 1. The van der Waals surface area contributed by atoms with Crippen LogP contribution in [0, 0.1) is 0 Å². The molecule has 6 heteroatoms. The maximum Gasteiger partial charge on any atom is 0.313 e. The molecule has 3 rings (SSSR count). The molecule has 22 heavy (non-hydrogen) atoms. The van der Waals surface area contributed by atoms with Gasteiger partial charge in [-0.1, -0.05) is 6.07 Å². The van der Waals surface area contributed by atoms with Crippen LogP contribution in [0.15, 0.2) is 36.5 Å². The van der Waals surface area contributed by atoms with Crippen LogP contribution in [0.5, 0.6) is 0 Å². The number of pyridine rings is 1. The minimum absolute atomic E-state index is 0.478. The standard InChI is InChI=1S/C16H18N4O2/c1-19-8-10-20(11-9-19)16(22)15(21)18-14-6-2-5-13-12(14)4-3-7-17-13/h2-7H,8-11H2,1H3,(H,18,21). The van der Waals surface area contributed by atoms with E-state index in [1.807, 2.05) is 25.2 Å². The Bertz CT molecular complexity index is 703. The average Bonchev–Trinajstić information content (AvgIpc) is 2.55. The SMILES string of the molecule is CN1CCN(C(=O)C(=O)Nc2cccc3ncccc23)CC1. The number of benzene rings is 1. The first-order valence-corrected chi connectivity index (χ1v) is 7.28. The lowest BCUT2D eigenvalue weighted by molar-refractivity contribution is -0.144. The normalized spacial score (nSPS) is 15.8. The predicted octanol–water partition coefficient (Wildman–Crippen LogP) is 0.947. The van der Waals surface area contributed by atoms with Gasteiger partial charge >= 0.3 is 11.8 Å². The van der Waals surface area contributed by atoms with Crippen LogP contribution in [0.1, 0.15) is 0 Å². The third kappa shape index (κ3) is 2.92. The third-order valence-electron chi connectivity index (χ3n) is 3.88. The van der Waals surface area contributed by atoms with Gasteiger partial charge in [0.15, 0.2) is 0 Å². The van der Waals surface area contributed by atoms with E-state index in [2.05, 4.69) is 15.2 Å². The third-order valence-corrected chi connectivity index (χ3v) is 3.88. The van der Waals surface area contributed by atoms with Crippen molar-refractivity contribution >= 4 is 28.4 Å². The molecular formula is C16H18N4O2. The lowest BCUT2D eigenvalue weighted by Gasteiger charge is -2.31. The molecule has 1 fully saturated rings. The molecule has 1 N–H and O–H groups in total. The Morgan fingerprint density at radius 1 is 1.09 bits per heavy atom. The van der Waals surface area contributed by atoms with E-state index < -0.39 is 11.8 Å². The van der Waals surface area contributed by atoms with Crippen molar-refractivity contribution in [3.05, 3.63) is 36.5 Å². The molecule has 1 aromatic carbocycles. The van der Waals surface area contributed by atoms with Gasteiger partial charge in [0.1, 0.15) is 0 Å². The number of carbonyl (C=O) groups is 2. The first-order chi connectivity index (χ1) is 10.6. The number of rotatable bonds is 1. The van der Waals surface area contributed by atoms with E-state index >= 15 is 0 Å². The summed E-state index contributed by atoms with van der Waals surface area (Å²) >= 11 is 0. The molecule has 114 valence electrons. The van der Waals surface area contributed by atoms with Gasteiger partial charge in [-0.25, -0.2) is 0 Å². The first kappa shape index (κ1) is 14.5. The van der Waals surface area contributed by atoms with Crippen LogP contribution in [0.3, 0.4) is 0 Å². The second-order valence-electron chi connectivity index (χ2n) is 5.43. The largest absolute Gasteiger partial charge is 0.332 e. The minimum Gasteiger partial charge on any atom is -0.332 e. The molecule has 2 aromatic rings. The molecular weight excluding hydrogens is 280 g/mol. The Morgan fingerprint density at radius 2 is 1.86 bits per heavy atom. The summed E-state index contributed by atoms with van der Waals surface area (Å²) in [5, 5.41) is 3.53. The van der Waals surface area contributed by atoms with Gasteiger partial charge in [-0.15, -0.1) is 0 Å². The number of likely N-dealkylation sites (N-methyl/N-ethyl adjacent to an activating group) is 1. The van der Waals surface area contributed by atoms with E-state index in [1.54, 1.807) is 23.2 Å². The molecule has 0 spiro atoms. The molecule has 0 bridgehead atoms. The zero-order valence-electron chi connectivity index (χ0n) is 12.5. The van der Waals surface area contributed by atoms with Gasteiger partial charge in [-0.2, -0.15) is 0 Å². The lowest BCUT2D eigenvalue weighted by Crippen LogP contribution is -2.50. The fourth-order valence-corrected chi connectivity index (χ4v) is 2.54. The van der Waals surface area contributed by atoms with Gasteiger partial charge in [-0.3, -0.25) is 14.6 Å². The number of hydrogen-bond acceptors (Lipinski definition) is 4. The maximum atomic E-state index is 12.2. The molecule has 1 aliphatic heterocycles. The van der Waals surface area contributed by atoms with Crippen molar-refractivity contribution in [2.24, 2.45) is 0 Å². The summed E-state index contributed by atoms with van der Waals surface area (Å²) in [6.07, 6.45) is 1.70. The van der Waals surface area contributed by atoms with E-state index in [-0.39, 0.29) is 0 Å². The highest BCUT2D eigenvalue weighted by molar-refractivity contribution is 6.40. The van der Waals surface area contributed by atoms with E-state index in [0.29, 0.717) is 18.8 Å². The maximum absolute atomic E-state index is 12.2. The Balaban J connectivity index is 1.74. The number of piperazine rings is 1. The van der Waals surface area contributed by atoms with E-state index in [4.69, 9.17) is 0 Å². The Hall–Kier alpha value is -2.47. The Morgan fingerprint density at radius 3 is 2.64 bits per heavy atom. The van der Waals surface area contributed by atoms with Crippen LogP contribution in [0.2, 0.25) is 0 Å². The molecule has 0 unspecified atom stereocenters. The summed E-state index contributed by atoms with van der Waals surface area (Å²) in [6.45, 7) is 2.74. The summed E-state index contributed by atoms with van der Waals surface area (Å²) in [7, 11) is 2.00. The number of carbonyl (C=O) groups excluding carboxylic acids is 2. The highest BCUT2D eigenvalue weighted by Crippen LogP contribution is 2.21. The Kier molecular flexibility index (Phi) is 4.02. The predicted molar refractivity (Wildman–Crippen MR) is 84.4 cm³/mol. The molecule has 2 heterocycles. The molecule has 0 saturated carbocycles. The van der Waals surface area contributed by atoms with Gasteiger partial charge in [0.25, 0.3) is 0 Å². The molecule has 2 amide bonds. The van der Waals surface area contributed by atoms with Crippen LogP contribution in [0.4, 0.5) is 5.69 Å². The summed E-state index contributed by atoms with van der Waals surface area (Å²) in [5.41, 5.74) is 1.39. The fraction of sp³-hybridized carbons (Fsp3) is 0.312. The number of nitrogens with one attached hydrogen (secondary N) is 1. The first-order valence-electron chi connectivity index (χ1n) is 7.28. The Labute approximate surface area is 128 Å². The van der Waals surface area contributed by atoms with E-state index in [0.717, 1.165) is 24.0 Å². The van der Waals surface area contributed by atoms with E-state index in [9.17, 15) is 9.59 Å². The summed E-state index contributed by atoms with van der Waals surface area (Å²) in [6, 6.07) is 9.14. The average molecular weight is 298 g/mol. The highest BCUT2D eigenvalue weighted by atomic mass is 16.2. The minimum atomic E-state index is -0.596. The lowest BCUT2D eigenvalue weighted by atomic mass is 10.2. The molecule has 0 atom stereocenters. The zero-order chi connectivity index (χ0) is 15.5. The molecule has 6 nitrogen and oxygen atoms in total. The number of fused-ring (bicyclic) bond motifs is 1. The summed E-state index contributed by atoms with van der Waals surface area (Å²) < 4.78 is 0. The van der Waals surface area contributed by atoms with Crippen LogP contribution in [-0.2, 0) is 9.59 Å². The number of amides is 2. The fourth-order valence-electron chi connectivity index (χ4n) is 2.54. The molecule has 0 radical (unpaired) electrons. The monoisotopic (exact) mass is 298 g/mol. The number of nitrogens with zero attached hydrogens (tertiary/aromatic N) is 3. The quantitative estimate of drug-likeness (QED) is 0.796. The molecule has 0 aliphatic carbocycles. The van der Waals surface area contributed by atoms with Gasteiger partial charge in [0, 0.05) is 37.8 Å². The summed E-state index contributed by atoms with van der Waals surface area (Å²) in [4.78, 5) is 32.4. The smallest absolute Gasteiger partial charge is 0.313 e. The van der Waals surface area contributed by atoms with Crippen molar-refractivity contribution in [3.8, 4) is 0 Å². The van der Waals surface area contributed by atoms with Gasteiger partial charge < -0.3 is 15.1 Å². The van der Waals surface area contributed by atoms with Crippen molar-refractivity contribution in [1.29, 1.82) is 0 Å². The van der Waals surface area contributed by atoms with Crippen molar-refractivity contribution in [2.45, 2.75) is 0 Å². The van der Waals surface area contributed by atoms with Crippen LogP contribution in [-0.4, -0.2) is 59.8 Å². The second kappa shape index (κ2) is 6.11. The molecule has 1 saturated heterocycles. The molecule has 1 aromatic heterocycles. The van der Waals surface area contributed by atoms with Gasteiger partial charge in [-0.05, 0) is 31.3 Å². The zero-order valence-corrected chi connectivity index (χ0v) is 12.5. The summed E-state index contributed by atoms with van der Waals surface area (Å²) in [5.74, 6) is -1.07. The van der Waals surface area contributed by atoms with Crippen LogP contribution < -0.4 is 5.32 Å². The number of aromatic nitrogens is 1. The second-order valence-corrected chi connectivity index (χ2v) is 5.43. The van der Waals surface area contributed by atoms with E-state index in [1.165, 1.54) is 0 Å². The number of hydrogen-bond donors (Lipinski definition) is 1. The van der Waals surface area contributed by atoms with Gasteiger partial charge in [0.2, 0.25) is 0 Å². The van der Waals surface area contributed by atoms with Crippen LogP contribution in [0.25, 0.3) is 10.9 Å². The molecule has 1 aliphatic rings. The van der Waals surface area contributed by atoms with Crippen molar-refractivity contribution < 1.29 is 9.59 Å². The van der Waals surface area contributed by atoms with Crippen molar-refractivity contribution in [1.82, 2.24) is 14.8 Å². The van der Waals surface area contributed by atoms with Crippen molar-refractivity contribution in [3.63, 3.8) is 0 Å². The topological polar surface area (TPSA) is 65.5 Å². The van der Waals surface area contributed by atoms with Gasteiger partial charge in [0.05, 0.1) is 11.2 Å². The van der Waals surface area contributed by atoms with Crippen LogP contribution >= 0.6 is 0 Å². The highest BCUT2D eigenvalue weighted by Gasteiger charge is 2.25. The van der Waals surface area contributed by atoms with Crippen molar-refractivity contribution in [2.75, 3.05) is 38.5 Å².